The number of piperazine rings is 1. The van der Waals surface area contributed by atoms with Crippen LogP contribution in [-0.4, -0.2) is 59.8 Å². The van der Waals surface area contributed by atoms with Crippen LogP contribution >= 0.6 is 0 Å². The van der Waals surface area contributed by atoms with Crippen LogP contribution in [0.15, 0.2) is 0 Å². The lowest BCUT2D eigenvalue weighted by Gasteiger charge is -2.48. The van der Waals surface area contributed by atoms with Gasteiger partial charge in [0, 0.05) is 31.2 Å². The molecule has 0 spiro atoms. The van der Waals surface area contributed by atoms with Crippen molar-refractivity contribution in [1.82, 2.24) is 9.80 Å². The molecule has 2 rings (SSSR count). The van der Waals surface area contributed by atoms with E-state index in [9.17, 15) is 0 Å². The van der Waals surface area contributed by atoms with Crippen molar-refractivity contribution in [2.24, 2.45) is 5.92 Å². The molecule has 0 atom stereocenters. The fourth-order valence-electron chi connectivity index (χ4n) is 4.76. The smallest absolute Gasteiger partial charge is 0.0578 e. The SMILES string of the molecule is CC(C)OC1CCC(CCCCN2CCN(C(C)C)CC2(C)C)CC1. The van der Waals surface area contributed by atoms with Crippen LogP contribution in [0.25, 0.3) is 0 Å². The van der Waals surface area contributed by atoms with E-state index in [-0.39, 0.29) is 0 Å². The Morgan fingerprint density at radius 3 is 2.20 bits per heavy atom. The van der Waals surface area contributed by atoms with E-state index >= 15 is 0 Å². The Morgan fingerprint density at radius 1 is 0.960 bits per heavy atom. The second-order valence-electron chi connectivity index (χ2n) is 9.69. The molecular formula is C22H44N2O. The van der Waals surface area contributed by atoms with Crippen LogP contribution in [0.4, 0.5) is 0 Å². The first kappa shape index (κ1) is 21.2. The number of unbranched alkanes of at least 4 members (excludes halogenated alkanes) is 1. The van der Waals surface area contributed by atoms with Crippen LogP contribution < -0.4 is 0 Å². The summed E-state index contributed by atoms with van der Waals surface area (Å²) in [6.45, 7) is 18.8. The Balaban J connectivity index is 1.60. The van der Waals surface area contributed by atoms with Crippen LogP contribution in [0.1, 0.15) is 86.5 Å². The lowest BCUT2D eigenvalue weighted by Crippen LogP contribution is -2.60. The van der Waals surface area contributed by atoms with Gasteiger partial charge in [-0.05, 0) is 86.1 Å². The number of hydrogen-bond acceptors (Lipinski definition) is 3. The van der Waals surface area contributed by atoms with Crippen molar-refractivity contribution in [3.05, 3.63) is 0 Å². The average molecular weight is 353 g/mol. The summed E-state index contributed by atoms with van der Waals surface area (Å²) >= 11 is 0. The molecule has 3 heteroatoms. The fraction of sp³-hybridized carbons (Fsp3) is 1.00. The molecule has 0 aromatic carbocycles. The summed E-state index contributed by atoms with van der Waals surface area (Å²) < 4.78 is 5.98. The van der Waals surface area contributed by atoms with Gasteiger partial charge in [0.25, 0.3) is 0 Å². The quantitative estimate of drug-likeness (QED) is 0.575. The second-order valence-corrected chi connectivity index (χ2v) is 9.69. The molecule has 1 aliphatic heterocycles. The van der Waals surface area contributed by atoms with E-state index in [1.165, 1.54) is 71.1 Å². The molecule has 1 aliphatic carbocycles. The fourth-order valence-corrected chi connectivity index (χ4v) is 4.76. The normalized spacial score (nSPS) is 28.8. The first-order chi connectivity index (χ1) is 11.8. The molecule has 2 aliphatic rings. The maximum Gasteiger partial charge on any atom is 0.0578 e. The molecule has 2 fully saturated rings. The van der Waals surface area contributed by atoms with Crippen molar-refractivity contribution in [2.75, 3.05) is 26.2 Å². The van der Waals surface area contributed by atoms with Crippen molar-refractivity contribution in [3.8, 4) is 0 Å². The molecule has 3 nitrogen and oxygen atoms in total. The first-order valence-electron chi connectivity index (χ1n) is 10.9. The Bertz CT molecular complexity index is 372. The van der Waals surface area contributed by atoms with E-state index in [0.717, 1.165) is 5.92 Å². The van der Waals surface area contributed by atoms with Crippen LogP contribution in [0, 0.1) is 5.92 Å². The summed E-state index contributed by atoms with van der Waals surface area (Å²) in [6.07, 6.45) is 10.5. The van der Waals surface area contributed by atoms with E-state index in [1.54, 1.807) is 0 Å². The molecular weight excluding hydrogens is 308 g/mol. The van der Waals surface area contributed by atoms with Crippen molar-refractivity contribution in [1.29, 1.82) is 0 Å². The predicted molar refractivity (Wildman–Crippen MR) is 108 cm³/mol. The van der Waals surface area contributed by atoms with Gasteiger partial charge >= 0.3 is 0 Å². The van der Waals surface area contributed by atoms with Gasteiger partial charge in [0.2, 0.25) is 0 Å². The first-order valence-corrected chi connectivity index (χ1v) is 10.9. The van der Waals surface area contributed by atoms with Gasteiger partial charge in [-0.25, -0.2) is 0 Å². The van der Waals surface area contributed by atoms with Gasteiger partial charge in [-0.1, -0.05) is 12.8 Å². The molecule has 0 aromatic rings. The molecule has 0 bridgehead atoms. The number of hydrogen-bond donors (Lipinski definition) is 0. The zero-order valence-corrected chi connectivity index (χ0v) is 17.9. The summed E-state index contributed by atoms with van der Waals surface area (Å²) in [5.41, 5.74) is 0.328. The van der Waals surface area contributed by atoms with Gasteiger partial charge in [0.05, 0.1) is 12.2 Å². The third-order valence-electron chi connectivity index (χ3n) is 6.38. The highest BCUT2D eigenvalue weighted by Crippen LogP contribution is 2.30. The summed E-state index contributed by atoms with van der Waals surface area (Å²) in [5.74, 6) is 0.956. The standard InChI is InChI=1S/C22H44N2O/c1-18(2)23-15-16-24(22(5,6)17-23)14-8-7-9-20-10-12-21(13-11-20)25-19(3)4/h18-21H,7-17H2,1-6H3. The Morgan fingerprint density at radius 2 is 1.64 bits per heavy atom. The van der Waals surface area contributed by atoms with Crippen molar-refractivity contribution in [3.63, 3.8) is 0 Å². The Labute approximate surface area is 157 Å². The molecule has 0 N–H and O–H groups in total. The third kappa shape index (κ3) is 6.84. The lowest BCUT2D eigenvalue weighted by molar-refractivity contribution is -0.0206. The van der Waals surface area contributed by atoms with Crippen LogP contribution in [-0.2, 0) is 4.74 Å². The van der Waals surface area contributed by atoms with Gasteiger partial charge in [0.15, 0.2) is 0 Å². The van der Waals surface area contributed by atoms with Crippen LogP contribution in [0.2, 0.25) is 0 Å². The average Bonchev–Trinajstić information content (AvgIpc) is 2.53. The van der Waals surface area contributed by atoms with Gasteiger partial charge in [-0.2, -0.15) is 0 Å². The molecule has 0 aromatic heterocycles. The molecule has 0 unspecified atom stereocenters. The van der Waals surface area contributed by atoms with Crippen molar-refractivity contribution >= 4 is 0 Å². The lowest BCUT2D eigenvalue weighted by atomic mass is 9.84. The molecule has 1 saturated heterocycles. The van der Waals surface area contributed by atoms with E-state index in [0.29, 0.717) is 23.8 Å². The predicted octanol–water partition coefficient (Wildman–Crippen LogP) is 4.95. The van der Waals surface area contributed by atoms with Gasteiger partial charge < -0.3 is 4.74 Å². The van der Waals surface area contributed by atoms with Gasteiger partial charge in [0.1, 0.15) is 0 Å². The molecule has 25 heavy (non-hydrogen) atoms. The van der Waals surface area contributed by atoms with Crippen molar-refractivity contribution in [2.45, 2.75) is 110 Å². The highest BCUT2D eigenvalue weighted by Gasteiger charge is 2.33. The number of ether oxygens (including phenoxy) is 1. The largest absolute Gasteiger partial charge is 0.376 e. The minimum Gasteiger partial charge on any atom is -0.376 e. The number of rotatable bonds is 8. The van der Waals surface area contributed by atoms with Gasteiger partial charge in [-0.15, -0.1) is 0 Å². The highest BCUT2D eigenvalue weighted by molar-refractivity contribution is 4.91. The van der Waals surface area contributed by atoms with Crippen LogP contribution in [0.5, 0.6) is 0 Å². The maximum absolute atomic E-state index is 5.98. The van der Waals surface area contributed by atoms with E-state index in [1.807, 2.05) is 0 Å². The minimum absolute atomic E-state index is 0.328. The number of nitrogens with zero attached hydrogens (tertiary/aromatic N) is 2. The monoisotopic (exact) mass is 352 g/mol. The van der Waals surface area contributed by atoms with Crippen LogP contribution in [0.3, 0.4) is 0 Å². The maximum atomic E-state index is 5.98. The second kappa shape index (κ2) is 9.71. The molecule has 1 saturated carbocycles. The van der Waals surface area contributed by atoms with Crippen molar-refractivity contribution < 1.29 is 4.74 Å². The summed E-state index contributed by atoms with van der Waals surface area (Å²) in [4.78, 5) is 5.37. The Hall–Kier alpha value is -0.120. The molecule has 148 valence electrons. The topological polar surface area (TPSA) is 15.7 Å². The summed E-state index contributed by atoms with van der Waals surface area (Å²) in [5, 5.41) is 0. The molecule has 0 amide bonds. The molecule has 1 heterocycles. The zero-order chi connectivity index (χ0) is 18.4. The Kier molecular flexibility index (Phi) is 8.23. The van der Waals surface area contributed by atoms with E-state index in [2.05, 4.69) is 51.3 Å². The summed E-state index contributed by atoms with van der Waals surface area (Å²) in [6, 6.07) is 0.677. The van der Waals surface area contributed by atoms with E-state index in [4.69, 9.17) is 4.74 Å². The summed E-state index contributed by atoms with van der Waals surface area (Å²) in [7, 11) is 0. The highest BCUT2D eigenvalue weighted by atomic mass is 16.5. The van der Waals surface area contributed by atoms with E-state index < -0.39 is 0 Å². The zero-order valence-electron chi connectivity index (χ0n) is 17.9. The molecule has 0 radical (unpaired) electrons. The minimum atomic E-state index is 0.328. The third-order valence-corrected chi connectivity index (χ3v) is 6.38. The van der Waals surface area contributed by atoms with Gasteiger partial charge in [-0.3, -0.25) is 9.80 Å².